The monoisotopic (exact) mass is 275 g/mol. The number of imidazole rings is 1. The molecule has 1 amide bonds. The third kappa shape index (κ3) is 2.87. The Labute approximate surface area is 116 Å². The van der Waals surface area contributed by atoms with E-state index in [0.717, 1.165) is 30.8 Å². The third-order valence-electron chi connectivity index (χ3n) is 3.60. The molecule has 0 saturated carbocycles. The minimum absolute atomic E-state index is 0.243. The maximum Gasteiger partial charge on any atom is 0.227 e. The Morgan fingerprint density at radius 3 is 3.21 bits per heavy atom. The van der Waals surface area contributed by atoms with Gasteiger partial charge in [0, 0.05) is 30.4 Å². The summed E-state index contributed by atoms with van der Waals surface area (Å²) >= 11 is 1.65. The summed E-state index contributed by atoms with van der Waals surface area (Å²) in [5.74, 6) is 0.243. The largest absolute Gasteiger partial charge is 0.340 e. The number of likely N-dealkylation sites (tertiary alicyclic amines) is 1. The topological polar surface area (TPSA) is 38.1 Å². The average molecular weight is 275 g/mol. The normalized spacial score (nSPS) is 19.6. The van der Waals surface area contributed by atoms with Gasteiger partial charge in [0.05, 0.1) is 18.8 Å². The van der Waals surface area contributed by atoms with E-state index in [9.17, 15) is 4.79 Å². The number of aromatic nitrogens is 2. The molecule has 1 atom stereocenters. The highest BCUT2D eigenvalue weighted by molar-refractivity contribution is 7.10. The lowest BCUT2D eigenvalue weighted by atomic mass is 10.1. The lowest BCUT2D eigenvalue weighted by molar-refractivity contribution is -0.132. The van der Waals surface area contributed by atoms with Gasteiger partial charge in [-0.1, -0.05) is 6.07 Å². The second-order valence-corrected chi connectivity index (χ2v) is 5.93. The summed E-state index contributed by atoms with van der Waals surface area (Å²) in [5.41, 5.74) is 0. The number of hydrogen-bond acceptors (Lipinski definition) is 3. The van der Waals surface area contributed by atoms with Gasteiger partial charge in [-0.05, 0) is 24.3 Å². The van der Waals surface area contributed by atoms with Crippen LogP contribution in [-0.2, 0) is 11.2 Å². The first kappa shape index (κ1) is 12.4. The molecule has 1 fully saturated rings. The predicted octanol–water partition coefficient (Wildman–Crippen LogP) is 2.35. The van der Waals surface area contributed by atoms with Crippen LogP contribution in [0.3, 0.4) is 0 Å². The Morgan fingerprint density at radius 2 is 2.47 bits per heavy atom. The van der Waals surface area contributed by atoms with Crippen molar-refractivity contribution in [3.63, 3.8) is 0 Å². The van der Waals surface area contributed by atoms with Gasteiger partial charge in [0.25, 0.3) is 0 Å². The van der Waals surface area contributed by atoms with Gasteiger partial charge in [-0.25, -0.2) is 4.98 Å². The number of piperidine rings is 1. The molecule has 100 valence electrons. The predicted molar refractivity (Wildman–Crippen MR) is 75.1 cm³/mol. The first-order valence-corrected chi connectivity index (χ1v) is 7.48. The van der Waals surface area contributed by atoms with Crippen molar-refractivity contribution in [2.45, 2.75) is 25.3 Å². The number of nitrogens with zero attached hydrogens (tertiary/aromatic N) is 3. The van der Waals surface area contributed by atoms with Crippen LogP contribution in [0.1, 0.15) is 23.8 Å². The second kappa shape index (κ2) is 5.57. The van der Waals surface area contributed by atoms with Crippen LogP contribution in [0.5, 0.6) is 0 Å². The summed E-state index contributed by atoms with van der Waals surface area (Å²) in [4.78, 5) is 19.5. The zero-order valence-corrected chi connectivity index (χ0v) is 11.6. The highest BCUT2D eigenvalue weighted by atomic mass is 32.1. The fourth-order valence-electron chi connectivity index (χ4n) is 2.58. The highest BCUT2D eigenvalue weighted by Gasteiger charge is 2.24. The minimum atomic E-state index is 0.243. The number of amides is 1. The van der Waals surface area contributed by atoms with Crippen LogP contribution in [0, 0.1) is 0 Å². The summed E-state index contributed by atoms with van der Waals surface area (Å²) in [6.07, 6.45) is 8.36. The molecule has 3 heterocycles. The Hall–Kier alpha value is -1.62. The number of rotatable bonds is 3. The van der Waals surface area contributed by atoms with E-state index in [1.54, 1.807) is 17.5 Å². The van der Waals surface area contributed by atoms with E-state index in [0.29, 0.717) is 12.5 Å². The van der Waals surface area contributed by atoms with Crippen LogP contribution in [0.2, 0.25) is 0 Å². The van der Waals surface area contributed by atoms with Gasteiger partial charge >= 0.3 is 0 Å². The number of hydrogen-bond donors (Lipinski definition) is 0. The van der Waals surface area contributed by atoms with Crippen molar-refractivity contribution in [1.82, 2.24) is 14.5 Å². The van der Waals surface area contributed by atoms with Crippen molar-refractivity contribution >= 4 is 17.2 Å². The first-order chi connectivity index (χ1) is 9.33. The van der Waals surface area contributed by atoms with Gasteiger partial charge in [-0.2, -0.15) is 0 Å². The fourth-order valence-corrected chi connectivity index (χ4v) is 3.28. The smallest absolute Gasteiger partial charge is 0.227 e. The van der Waals surface area contributed by atoms with Crippen LogP contribution in [0.25, 0.3) is 0 Å². The van der Waals surface area contributed by atoms with E-state index in [1.807, 2.05) is 34.9 Å². The van der Waals surface area contributed by atoms with Gasteiger partial charge in [0.1, 0.15) is 0 Å². The lowest BCUT2D eigenvalue weighted by Crippen LogP contribution is -2.41. The number of carbonyl (C=O) groups excluding carboxylic acids is 1. The van der Waals surface area contributed by atoms with E-state index in [1.165, 1.54) is 0 Å². The zero-order valence-electron chi connectivity index (χ0n) is 10.7. The van der Waals surface area contributed by atoms with Gasteiger partial charge in [-0.3, -0.25) is 4.79 Å². The molecule has 0 radical (unpaired) electrons. The second-order valence-electron chi connectivity index (χ2n) is 4.90. The van der Waals surface area contributed by atoms with Crippen LogP contribution in [0.4, 0.5) is 0 Å². The summed E-state index contributed by atoms with van der Waals surface area (Å²) in [5, 5.41) is 2.02. The Kier molecular flexibility index (Phi) is 3.64. The molecular weight excluding hydrogens is 258 g/mol. The molecule has 19 heavy (non-hydrogen) atoms. The molecule has 0 unspecified atom stereocenters. The number of thiophene rings is 1. The maximum absolute atomic E-state index is 12.3. The molecular formula is C14H17N3OS. The van der Waals surface area contributed by atoms with E-state index >= 15 is 0 Å². The molecule has 0 aliphatic carbocycles. The van der Waals surface area contributed by atoms with Crippen LogP contribution in [0.15, 0.2) is 36.2 Å². The van der Waals surface area contributed by atoms with Gasteiger partial charge in [-0.15, -0.1) is 11.3 Å². The Bertz CT molecular complexity index is 521. The molecule has 0 N–H and O–H groups in total. The van der Waals surface area contributed by atoms with Crippen molar-refractivity contribution in [1.29, 1.82) is 0 Å². The summed E-state index contributed by atoms with van der Waals surface area (Å²) < 4.78 is 2.12. The van der Waals surface area contributed by atoms with Gasteiger partial charge in [0.15, 0.2) is 0 Å². The van der Waals surface area contributed by atoms with Crippen molar-refractivity contribution in [2.75, 3.05) is 13.1 Å². The molecule has 3 rings (SSSR count). The molecule has 2 aromatic rings. The maximum atomic E-state index is 12.3. The van der Waals surface area contributed by atoms with Crippen LogP contribution < -0.4 is 0 Å². The molecule has 4 nitrogen and oxygen atoms in total. The van der Waals surface area contributed by atoms with Crippen LogP contribution >= 0.6 is 11.3 Å². The van der Waals surface area contributed by atoms with Crippen molar-refractivity contribution in [2.24, 2.45) is 0 Å². The van der Waals surface area contributed by atoms with Gasteiger partial charge in [0.2, 0.25) is 5.91 Å². The summed E-state index contributed by atoms with van der Waals surface area (Å²) in [6, 6.07) is 4.40. The van der Waals surface area contributed by atoms with Gasteiger partial charge < -0.3 is 9.47 Å². The molecule has 0 spiro atoms. The molecule has 2 aromatic heterocycles. The lowest BCUT2D eigenvalue weighted by Gasteiger charge is -2.33. The fraction of sp³-hybridized carbons (Fsp3) is 0.429. The first-order valence-electron chi connectivity index (χ1n) is 6.60. The molecule has 1 saturated heterocycles. The standard InChI is InChI=1S/C14H17N3OS/c18-14(9-13-4-2-8-19-13)16-6-1-3-12(10-16)17-7-5-15-11-17/h2,4-5,7-8,11-12H,1,3,6,9-10H2/t12-/m1/s1. The summed E-state index contributed by atoms with van der Waals surface area (Å²) in [7, 11) is 0. The molecule has 1 aliphatic rings. The van der Waals surface area contributed by atoms with E-state index in [-0.39, 0.29) is 5.91 Å². The Morgan fingerprint density at radius 1 is 1.53 bits per heavy atom. The molecule has 0 aromatic carbocycles. The summed E-state index contributed by atoms with van der Waals surface area (Å²) in [6.45, 7) is 1.69. The Balaban J connectivity index is 1.63. The molecule has 0 bridgehead atoms. The van der Waals surface area contributed by atoms with E-state index < -0.39 is 0 Å². The molecule has 1 aliphatic heterocycles. The van der Waals surface area contributed by atoms with Crippen molar-refractivity contribution < 1.29 is 4.79 Å². The third-order valence-corrected chi connectivity index (χ3v) is 4.48. The van der Waals surface area contributed by atoms with Crippen molar-refractivity contribution in [3.8, 4) is 0 Å². The van der Waals surface area contributed by atoms with Crippen LogP contribution in [-0.4, -0.2) is 33.4 Å². The van der Waals surface area contributed by atoms with E-state index in [4.69, 9.17) is 0 Å². The minimum Gasteiger partial charge on any atom is -0.340 e. The SMILES string of the molecule is O=C(Cc1cccs1)N1CCC[C@@H](n2ccnc2)C1. The average Bonchev–Trinajstić information content (AvgIpc) is 3.12. The quantitative estimate of drug-likeness (QED) is 0.862. The van der Waals surface area contributed by atoms with E-state index in [2.05, 4.69) is 9.55 Å². The molecule has 5 heteroatoms. The number of carbonyl (C=O) groups is 1. The van der Waals surface area contributed by atoms with Crippen molar-refractivity contribution in [3.05, 3.63) is 41.1 Å². The zero-order chi connectivity index (χ0) is 13.1. The highest BCUT2D eigenvalue weighted by Crippen LogP contribution is 2.22.